The zero-order valence-corrected chi connectivity index (χ0v) is 20.5. The SMILES string of the molecule is C[C@@H](C(=O)NCCOc1ccc(S(=O)(=O)N(C)C)cc1)N(c1ccc(Cl)cc1)S(C)(=O)=O. The Morgan fingerprint density at radius 3 is 2.09 bits per heavy atom. The van der Waals surface area contributed by atoms with E-state index < -0.39 is 32.0 Å². The van der Waals surface area contributed by atoms with Crippen molar-refractivity contribution in [2.45, 2.75) is 17.9 Å². The second-order valence-electron chi connectivity index (χ2n) is 7.11. The van der Waals surface area contributed by atoms with Crippen LogP contribution < -0.4 is 14.4 Å². The third-order valence-corrected chi connectivity index (χ3v) is 7.76. The number of carbonyl (C=O) groups excluding carboxylic acids is 1. The van der Waals surface area contributed by atoms with Gasteiger partial charge in [-0.1, -0.05) is 11.6 Å². The van der Waals surface area contributed by atoms with Gasteiger partial charge >= 0.3 is 0 Å². The summed E-state index contributed by atoms with van der Waals surface area (Å²) in [6.45, 7) is 1.72. The Bertz CT molecular complexity index is 1130. The molecule has 176 valence electrons. The highest BCUT2D eigenvalue weighted by Gasteiger charge is 2.28. The number of nitrogens with one attached hydrogen (secondary N) is 1. The Kier molecular flexibility index (Phi) is 8.52. The molecule has 0 aliphatic carbocycles. The van der Waals surface area contributed by atoms with Gasteiger partial charge in [0.15, 0.2) is 0 Å². The normalized spacial score (nSPS) is 12.9. The summed E-state index contributed by atoms with van der Waals surface area (Å²) < 4.78 is 56.3. The summed E-state index contributed by atoms with van der Waals surface area (Å²) in [5.74, 6) is -0.0645. The van der Waals surface area contributed by atoms with E-state index in [9.17, 15) is 21.6 Å². The Labute approximate surface area is 194 Å². The molecule has 0 fully saturated rings. The highest BCUT2D eigenvalue weighted by Crippen LogP contribution is 2.23. The van der Waals surface area contributed by atoms with Crippen LogP contribution in [0, 0.1) is 0 Å². The first kappa shape index (κ1) is 25.9. The van der Waals surface area contributed by atoms with Crippen LogP contribution in [-0.2, 0) is 24.8 Å². The van der Waals surface area contributed by atoms with E-state index in [1.165, 1.54) is 57.4 Å². The van der Waals surface area contributed by atoms with Gasteiger partial charge in [0.1, 0.15) is 18.4 Å². The highest BCUT2D eigenvalue weighted by molar-refractivity contribution is 7.92. The first-order valence-corrected chi connectivity index (χ1v) is 13.2. The molecule has 0 aromatic heterocycles. The van der Waals surface area contributed by atoms with Crippen LogP contribution >= 0.6 is 11.6 Å². The third kappa shape index (κ3) is 6.58. The van der Waals surface area contributed by atoms with Gasteiger partial charge in [-0.25, -0.2) is 21.1 Å². The molecule has 2 aromatic rings. The van der Waals surface area contributed by atoms with E-state index in [-0.39, 0.29) is 18.0 Å². The van der Waals surface area contributed by atoms with Crippen molar-refractivity contribution in [3.05, 3.63) is 53.6 Å². The van der Waals surface area contributed by atoms with E-state index in [0.717, 1.165) is 14.9 Å². The van der Waals surface area contributed by atoms with Crippen LogP contribution in [0.15, 0.2) is 53.4 Å². The Balaban J connectivity index is 1.95. The van der Waals surface area contributed by atoms with E-state index in [0.29, 0.717) is 16.5 Å². The minimum atomic E-state index is -3.73. The largest absolute Gasteiger partial charge is 0.492 e. The molecule has 0 aliphatic heterocycles. The van der Waals surface area contributed by atoms with Crippen LogP contribution in [0.25, 0.3) is 0 Å². The number of nitrogens with zero attached hydrogens (tertiary/aromatic N) is 2. The Morgan fingerprint density at radius 1 is 1.03 bits per heavy atom. The Morgan fingerprint density at radius 2 is 1.59 bits per heavy atom. The van der Waals surface area contributed by atoms with Gasteiger partial charge in [0.05, 0.1) is 23.4 Å². The topological polar surface area (TPSA) is 113 Å². The van der Waals surface area contributed by atoms with E-state index in [1.807, 2.05) is 0 Å². The van der Waals surface area contributed by atoms with Crippen LogP contribution in [0.3, 0.4) is 0 Å². The summed E-state index contributed by atoms with van der Waals surface area (Å²) in [5, 5.41) is 3.09. The number of carbonyl (C=O) groups is 1. The average Bonchev–Trinajstić information content (AvgIpc) is 2.71. The monoisotopic (exact) mass is 503 g/mol. The minimum Gasteiger partial charge on any atom is -0.492 e. The van der Waals surface area contributed by atoms with E-state index >= 15 is 0 Å². The summed E-state index contributed by atoms with van der Waals surface area (Å²) in [6.07, 6.45) is 1.02. The number of hydrogen-bond donors (Lipinski definition) is 1. The fraction of sp³-hybridized carbons (Fsp3) is 0.350. The lowest BCUT2D eigenvalue weighted by Crippen LogP contribution is -2.48. The number of ether oxygens (including phenoxy) is 1. The quantitative estimate of drug-likeness (QED) is 0.496. The van der Waals surface area contributed by atoms with Gasteiger partial charge in [-0.3, -0.25) is 9.10 Å². The molecule has 0 bridgehead atoms. The number of hydrogen-bond acceptors (Lipinski definition) is 6. The second kappa shape index (κ2) is 10.5. The van der Waals surface area contributed by atoms with Gasteiger partial charge in [0.2, 0.25) is 26.0 Å². The van der Waals surface area contributed by atoms with Crippen LogP contribution in [0.4, 0.5) is 5.69 Å². The molecule has 0 saturated heterocycles. The molecular formula is C20H26ClN3O6S2. The lowest BCUT2D eigenvalue weighted by atomic mass is 10.2. The van der Waals surface area contributed by atoms with Crippen molar-refractivity contribution in [2.75, 3.05) is 37.8 Å². The third-order valence-electron chi connectivity index (χ3n) is 4.44. The molecule has 1 atom stereocenters. The number of anilines is 1. The number of sulfonamides is 2. The van der Waals surface area contributed by atoms with Crippen molar-refractivity contribution in [1.82, 2.24) is 9.62 Å². The first-order valence-electron chi connectivity index (χ1n) is 9.52. The molecule has 12 heteroatoms. The van der Waals surface area contributed by atoms with Gasteiger partial charge in [0.25, 0.3) is 0 Å². The molecule has 0 aliphatic rings. The lowest BCUT2D eigenvalue weighted by molar-refractivity contribution is -0.121. The number of benzene rings is 2. The maximum Gasteiger partial charge on any atom is 0.243 e. The van der Waals surface area contributed by atoms with Gasteiger partial charge in [0, 0.05) is 19.1 Å². The summed E-state index contributed by atoms with van der Waals surface area (Å²) in [4.78, 5) is 12.7. The fourth-order valence-electron chi connectivity index (χ4n) is 2.81. The summed E-state index contributed by atoms with van der Waals surface area (Å²) in [7, 11) is -4.36. The molecule has 32 heavy (non-hydrogen) atoms. The highest BCUT2D eigenvalue weighted by atomic mass is 35.5. The number of halogens is 1. The van der Waals surface area contributed by atoms with Crippen molar-refractivity contribution in [1.29, 1.82) is 0 Å². The van der Waals surface area contributed by atoms with Crippen LogP contribution in [-0.4, -0.2) is 66.6 Å². The van der Waals surface area contributed by atoms with Crippen LogP contribution in [0.1, 0.15) is 6.92 Å². The first-order chi connectivity index (χ1) is 14.8. The smallest absolute Gasteiger partial charge is 0.243 e. The lowest BCUT2D eigenvalue weighted by Gasteiger charge is -2.28. The van der Waals surface area contributed by atoms with Gasteiger partial charge in [-0.2, -0.15) is 0 Å². The molecule has 0 spiro atoms. The fourth-order valence-corrected chi connectivity index (χ4v) is 5.01. The van der Waals surface area contributed by atoms with Crippen molar-refractivity contribution >= 4 is 43.2 Å². The standard InChI is InChI=1S/C20H26ClN3O6S2/c1-15(24(31(4,26)27)17-7-5-16(21)6-8-17)20(25)22-13-14-30-18-9-11-19(12-10-18)32(28,29)23(2)3/h5-12,15H,13-14H2,1-4H3,(H,22,25)/t15-/m0/s1. The van der Waals surface area contributed by atoms with Gasteiger partial charge in [-0.15, -0.1) is 0 Å². The minimum absolute atomic E-state index is 0.109. The predicted octanol–water partition coefficient (Wildman–Crippen LogP) is 1.94. The molecular weight excluding hydrogens is 478 g/mol. The zero-order valence-electron chi connectivity index (χ0n) is 18.1. The molecule has 2 rings (SSSR count). The predicted molar refractivity (Wildman–Crippen MR) is 124 cm³/mol. The zero-order chi connectivity index (χ0) is 24.1. The Hall–Kier alpha value is -2.34. The van der Waals surface area contributed by atoms with Crippen LogP contribution in [0.5, 0.6) is 5.75 Å². The number of rotatable bonds is 10. The molecule has 0 heterocycles. The molecule has 1 amide bonds. The molecule has 9 nitrogen and oxygen atoms in total. The van der Waals surface area contributed by atoms with E-state index in [4.69, 9.17) is 16.3 Å². The van der Waals surface area contributed by atoms with Gasteiger partial charge < -0.3 is 10.1 Å². The molecule has 2 aromatic carbocycles. The maximum absolute atomic E-state index is 12.5. The summed E-state index contributed by atoms with van der Waals surface area (Å²) in [5.41, 5.74) is 0.323. The van der Waals surface area contributed by atoms with Crippen LogP contribution in [0.2, 0.25) is 5.02 Å². The molecule has 0 radical (unpaired) electrons. The molecule has 0 unspecified atom stereocenters. The van der Waals surface area contributed by atoms with E-state index in [1.54, 1.807) is 12.1 Å². The number of amides is 1. The van der Waals surface area contributed by atoms with Crippen molar-refractivity contribution in [3.63, 3.8) is 0 Å². The summed E-state index contributed by atoms with van der Waals surface area (Å²) >= 11 is 5.86. The molecule has 0 saturated carbocycles. The van der Waals surface area contributed by atoms with Crippen molar-refractivity contribution in [2.24, 2.45) is 0 Å². The second-order valence-corrected chi connectivity index (χ2v) is 11.6. The van der Waals surface area contributed by atoms with Crippen molar-refractivity contribution < 1.29 is 26.4 Å². The van der Waals surface area contributed by atoms with Gasteiger partial charge in [-0.05, 0) is 55.5 Å². The average molecular weight is 504 g/mol. The summed E-state index contributed by atoms with van der Waals surface area (Å²) in [6, 6.07) is 11.0. The maximum atomic E-state index is 12.5. The molecule has 1 N–H and O–H groups in total. The van der Waals surface area contributed by atoms with Crippen molar-refractivity contribution in [3.8, 4) is 5.75 Å². The van der Waals surface area contributed by atoms with E-state index in [2.05, 4.69) is 5.32 Å².